The fraction of sp³-hybridized carbons (Fsp3) is 0.0526. The highest BCUT2D eigenvalue weighted by atomic mass is 32.1. The van der Waals surface area contributed by atoms with E-state index in [0.29, 0.717) is 11.3 Å². The van der Waals surface area contributed by atoms with Crippen LogP contribution in [-0.2, 0) is 0 Å². The van der Waals surface area contributed by atoms with Crippen molar-refractivity contribution in [3.8, 4) is 5.75 Å². The lowest BCUT2D eigenvalue weighted by Crippen LogP contribution is -2.34. The summed E-state index contributed by atoms with van der Waals surface area (Å²) in [5.74, 6) is 0.189. The lowest BCUT2D eigenvalue weighted by molar-refractivity contribution is 0.0975. The van der Waals surface area contributed by atoms with Gasteiger partial charge in [0.25, 0.3) is 5.91 Å². The second-order valence-electron chi connectivity index (χ2n) is 5.17. The molecule has 2 N–H and O–H groups in total. The van der Waals surface area contributed by atoms with Crippen LogP contribution in [-0.4, -0.2) is 18.1 Å². The van der Waals surface area contributed by atoms with Crippen molar-refractivity contribution >= 4 is 39.7 Å². The first kappa shape index (κ1) is 16.0. The van der Waals surface area contributed by atoms with Crippen LogP contribution < -0.4 is 15.4 Å². The molecule has 0 radical (unpaired) electrons. The highest BCUT2D eigenvalue weighted by Crippen LogP contribution is 2.19. The molecular formula is C19H16N2O2S. The van der Waals surface area contributed by atoms with Crippen LogP contribution in [0.25, 0.3) is 10.8 Å². The average molecular weight is 336 g/mol. The summed E-state index contributed by atoms with van der Waals surface area (Å²) in [5.41, 5.74) is 1.25. The number of carbonyl (C=O) groups excluding carboxylic acids is 1. The molecule has 0 saturated carbocycles. The number of amides is 1. The van der Waals surface area contributed by atoms with Crippen molar-refractivity contribution in [2.75, 3.05) is 12.4 Å². The van der Waals surface area contributed by atoms with E-state index in [9.17, 15) is 4.79 Å². The molecule has 0 aliphatic heterocycles. The third kappa shape index (κ3) is 3.52. The maximum absolute atomic E-state index is 12.3. The molecule has 3 rings (SSSR count). The molecule has 0 spiro atoms. The number of hydrogen-bond acceptors (Lipinski definition) is 3. The fourth-order valence-electron chi connectivity index (χ4n) is 2.43. The molecular weight excluding hydrogens is 320 g/mol. The van der Waals surface area contributed by atoms with Crippen molar-refractivity contribution in [3.63, 3.8) is 0 Å². The van der Waals surface area contributed by atoms with Gasteiger partial charge >= 0.3 is 0 Å². The van der Waals surface area contributed by atoms with Gasteiger partial charge in [-0.1, -0.05) is 42.5 Å². The van der Waals surface area contributed by atoms with E-state index in [1.165, 1.54) is 7.11 Å². The number of carbonyl (C=O) groups is 1. The van der Waals surface area contributed by atoms with Crippen LogP contribution >= 0.6 is 12.2 Å². The fourth-order valence-corrected chi connectivity index (χ4v) is 2.64. The molecule has 3 aromatic rings. The predicted octanol–water partition coefficient (Wildman–Crippen LogP) is 3.98. The predicted molar refractivity (Wildman–Crippen MR) is 101 cm³/mol. The Bertz CT molecular complexity index is 909. The number of rotatable bonds is 3. The van der Waals surface area contributed by atoms with Gasteiger partial charge in [0.15, 0.2) is 5.11 Å². The lowest BCUT2D eigenvalue weighted by atomic mass is 10.1. The third-order valence-electron chi connectivity index (χ3n) is 3.59. The van der Waals surface area contributed by atoms with Crippen LogP contribution in [0.1, 0.15) is 10.4 Å². The molecule has 120 valence electrons. The van der Waals surface area contributed by atoms with Gasteiger partial charge in [0.1, 0.15) is 5.75 Å². The first-order chi connectivity index (χ1) is 11.7. The highest BCUT2D eigenvalue weighted by molar-refractivity contribution is 7.80. The number of anilines is 1. The largest absolute Gasteiger partial charge is 0.496 e. The number of hydrogen-bond donors (Lipinski definition) is 2. The highest BCUT2D eigenvalue weighted by Gasteiger charge is 2.12. The Morgan fingerprint density at radius 3 is 2.46 bits per heavy atom. The topological polar surface area (TPSA) is 50.4 Å². The van der Waals surface area contributed by atoms with Crippen molar-refractivity contribution in [2.24, 2.45) is 0 Å². The second-order valence-corrected chi connectivity index (χ2v) is 5.58. The number of fused-ring (bicyclic) bond motifs is 1. The van der Waals surface area contributed by atoms with Crippen molar-refractivity contribution in [1.29, 1.82) is 0 Å². The third-order valence-corrected chi connectivity index (χ3v) is 3.79. The van der Waals surface area contributed by atoms with Crippen LogP contribution in [0.15, 0.2) is 66.7 Å². The van der Waals surface area contributed by atoms with E-state index >= 15 is 0 Å². The summed E-state index contributed by atoms with van der Waals surface area (Å²) in [4.78, 5) is 12.3. The van der Waals surface area contributed by atoms with Gasteiger partial charge in [-0.3, -0.25) is 10.1 Å². The first-order valence-corrected chi connectivity index (χ1v) is 7.82. The monoisotopic (exact) mass is 336 g/mol. The second kappa shape index (κ2) is 7.10. The van der Waals surface area contributed by atoms with Crippen LogP contribution in [0.2, 0.25) is 0 Å². The van der Waals surface area contributed by atoms with E-state index < -0.39 is 0 Å². The van der Waals surface area contributed by atoms with Crippen molar-refractivity contribution < 1.29 is 9.53 Å². The first-order valence-electron chi connectivity index (χ1n) is 7.41. The van der Waals surface area contributed by atoms with Gasteiger partial charge in [0, 0.05) is 5.69 Å². The Hall–Kier alpha value is -2.92. The summed E-state index contributed by atoms with van der Waals surface area (Å²) >= 11 is 5.23. The van der Waals surface area contributed by atoms with Gasteiger partial charge in [0.05, 0.1) is 12.7 Å². The number of nitrogens with one attached hydrogen (secondary N) is 2. The molecule has 4 nitrogen and oxygen atoms in total. The Morgan fingerprint density at radius 1 is 0.958 bits per heavy atom. The van der Waals surface area contributed by atoms with Crippen LogP contribution in [0.5, 0.6) is 5.75 Å². The van der Waals surface area contributed by atoms with E-state index in [-0.39, 0.29) is 11.0 Å². The van der Waals surface area contributed by atoms with E-state index in [1.807, 2.05) is 42.5 Å². The van der Waals surface area contributed by atoms with Crippen molar-refractivity contribution in [3.05, 3.63) is 72.3 Å². The number of benzene rings is 3. The summed E-state index contributed by atoms with van der Waals surface area (Å²) in [6.07, 6.45) is 0. The zero-order valence-corrected chi connectivity index (χ0v) is 13.9. The summed E-state index contributed by atoms with van der Waals surface area (Å²) in [6, 6.07) is 20.9. The van der Waals surface area contributed by atoms with E-state index in [0.717, 1.165) is 16.5 Å². The van der Waals surface area contributed by atoms with Gasteiger partial charge in [-0.2, -0.15) is 0 Å². The minimum atomic E-state index is -0.314. The molecule has 0 atom stereocenters. The number of para-hydroxylation sites is 1. The van der Waals surface area contributed by atoms with E-state index in [2.05, 4.69) is 10.6 Å². The van der Waals surface area contributed by atoms with Crippen LogP contribution in [0, 0.1) is 0 Å². The standard InChI is InChI=1S/C19H16N2O2S/c1-23-17-9-5-4-8-16(17)18(22)21-19(24)20-15-11-10-13-6-2-3-7-14(13)12-15/h2-12H,1H3,(H2,20,21,22,24). The molecule has 0 saturated heterocycles. The van der Waals surface area contributed by atoms with Gasteiger partial charge in [-0.25, -0.2) is 0 Å². The molecule has 1 amide bonds. The quantitative estimate of drug-likeness (QED) is 0.711. The Balaban J connectivity index is 1.71. The molecule has 0 unspecified atom stereocenters. The molecule has 24 heavy (non-hydrogen) atoms. The Morgan fingerprint density at radius 2 is 1.67 bits per heavy atom. The minimum absolute atomic E-state index is 0.237. The van der Waals surface area contributed by atoms with Gasteiger partial charge < -0.3 is 10.1 Å². The minimum Gasteiger partial charge on any atom is -0.496 e. The maximum atomic E-state index is 12.3. The smallest absolute Gasteiger partial charge is 0.261 e. The normalized spacial score (nSPS) is 10.2. The molecule has 5 heteroatoms. The molecule has 0 heterocycles. The lowest BCUT2D eigenvalue weighted by Gasteiger charge is -2.12. The van der Waals surface area contributed by atoms with Gasteiger partial charge in [-0.15, -0.1) is 0 Å². The summed E-state index contributed by atoms with van der Waals surface area (Å²) in [6.45, 7) is 0. The molecule has 0 aliphatic rings. The Labute approximate surface area is 145 Å². The van der Waals surface area contributed by atoms with Crippen molar-refractivity contribution in [2.45, 2.75) is 0 Å². The molecule has 0 fully saturated rings. The van der Waals surface area contributed by atoms with Crippen LogP contribution in [0.4, 0.5) is 5.69 Å². The molecule has 3 aromatic carbocycles. The molecule has 0 bridgehead atoms. The van der Waals surface area contributed by atoms with Crippen molar-refractivity contribution in [1.82, 2.24) is 5.32 Å². The van der Waals surface area contributed by atoms with E-state index in [4.69, 9.17) is 17.0 Å². The Kier molecular flexibility index (Phi) is 4.72. The molecule has 0 aromatic heterocycles. The number of ether oxygens (including phenoxy) is 1. The number of methoxy groups -OCH3 is 1. The zero-order chi connectivity index (χ0) is 16.9. The van der Waals surface area contributed by atoms with Gasteiger partial charge in [0.2, 0.25) is 0 Å². The van der Waals surface area contributed by atoms with Crippen LogP contribution in [0.3, 0.4) is 0 Å². The SMILES string of the molecule is COc1ccccc1C(=O)NC(=S)Nc1ccc2ccccc2c1. The number of thiocarbonyl (C=S) groups is 1. The summed E-state index contributed by atoms with van der Waals surface area (Å²) < 4.78 is 5.19. The maximum Gasteiger partial charge on any atom is 0.261 e. The van der Waals surface area contributed by atoms with Gasteiger partial charge in [-0.05, 0) is 47.3 Å². The van der Waals surface area contributed by atoms with E-state index in [1.54, 1.807) is 24.3 Å². The average Bonchev–Trinajstić information content (AvgIpc) is 2.61. The summed E-state index contributed by atoms with van der Waals surface area (Å²) in [5, 5.41) is 8.18. The zero-order valence-electron chi connectivity index (χ0n) is 13.1. The summed E-state index contributed by atoms with van der Waals surface area (Å²) in [7, 11) is 1.53. The molecule has 0 aliphatic carbocycles.